The van der Waals surface area contributed by atoms with E-state index in [1.165, 1.54) is 10.4 Å². The molecule has 1 saturated heterocycles. The van der Waals surface area contributed by atoms with Crippen molar-refractivity contribution >= 4 is 18.7 Å². The van der Waals surface area contributed by atoms with Crippen molar-refractivity contribution in [2.24, 2.45) is 0 Å². The number of benzene rings is 2. The highest BCUT2D eigenvalue weighted by Crippen LogP contribution is 2.36. The van der Waals surface area contributed by atoms with E-state index in [1.807, 2.05) is 26.0 Å². The Morgan fingerprint density at radius 1 is 1.03 bits per heavy atom. The number of hydrogen-bond donors (Lipinski definition) is 1. The monoisotopic (exact) mass is 438 g/mol. The molecule has 5 heteroatoms. The van der Waals surface area contributed by atoms with E-state index in [4.69, 9.17) is 13.9 Å². The van der Waals surface area contributed by atoms with Gasteiger partial charge in [0, 0.05) is 6.42 Å². The van der Waals surface area contributed by atoms with Gasteiger partial charge in [-0.05, 0) is 29.3 Å². The molecule has 0 radical (unpaired) electrons. The Kier molecular flexibility index (Phi) is 7.41. The minimum absolute atomic E-state index is 0.0858. The third-order valence-corrected chi connectivity index (χ3v) is 10.7. The fraction of sp³-hybridized carbons (Fsp3) is 0.462. The van der Waals surface area contributed by atoms with Gasteiger partial charge in [-0.1, -0.05) is 93.3 Å². The molecule has 0 aromatic heterocycles. The molecule has 31 heavy (non-hydrogen) atoms. The van der Waals surface area contributed by atoms with Crippen molar-refractivity contribution in [1.82, 2.24) is 0 Å². The van der Waals surface area contributed by atoms with Crippen molar-refractivity contribution in [3.8, 4) is 11.8 Å². The molecule has 0 aliphatic carbocycles. The van der Waals surface area contributed by atoms with Crippen molar-refractivity contribution in [3.05, 3.63) is 60.7 Å². The van der Waals surface area contributed by atoms with Crippen molar-refractivity contribution in [3.63, 3.8) is 0 Å². The van der Waals surface area contributed by atoms with Gasteiger partial charge in [0.25, 0.3) is 8.32 Å². The standard InChI is InChI=1S/C26H34O4Si/c1-25(2,3)31(21-14-8-6-9-15-21,22-16-10-7-11-17-22)29-19-13-12-18-23(27)24-20-28-26(4,5)30-24/h6-11,14-17,23-24,27H,18-20H2,1-5H3/t23-,24+/m1/s1. The first-order valence-corrected chi connectivity index (χ1v) is 12.8. The minimum atomic E-state index is -2.58. The van der Waals surface area contributed by atoms with Crippen LogP contribution in [-0.4, -0.2) is 44.6 Å². The van der Waals surface area contributed by atoms with E-state index in [0.29, 0.717) is 19.6 Å². The molecule has 0 unspecified atom stereocenters. The van der Waals surface area contributed by atoms with Crippen LogP contribution >= 0.6 is 0 Å². The molecule has 3 rings (SSSR count). The van der Waals surface area contributed by atoms with Crippen LogP contribution in [0.4, 0.5) is 0 Å². The minimum Gasteiger partial charge on any atom is -0.396 e. The van der Waals surface area contributed by atoms with Crippen molar-refractivity contribution < 1.29 is 19.0 Å². The third-order valence-electron chi connectivity index (χ3n) is 5.67. The van der Waals surface area contributed by atoms with Gasteiger partial charge < -0.3 is 19.0 Å². The van der Waals surface area contributed by atoms with Crippen molar-refractivity contribution in [2.45, 2.75) is 64.1 Å². The van der Waals surface area contributed by atoms with E-state index in [-0.39, 0.29) is 11.1 Å². The summed E-state index contributed by atoms with van der Waals surface area (Å²) in [4.78, 5) is 0. The van der Waals surface area contributed by atoms with Crippen LogP contribution in [0.25, 0.3) is 0 Å². The van der Waals surface area contributed by atoms with Crippen molar-refractivity contribution in [1.29, 1.82) is 0 Å². The summed E-state index contributed by atoms with van der Waals surface area (Å²) in [7, 11) is -2.58. The highest BCUT2D eigenvalue weighted by molar-refractivity contribution is 6.99. The average molecular weight is 439 g/mol. The van der Waals surface area contributed by atoms with Crippen LogP contribution in [0.2, 0.25) is 5.04 Å². The summed E-state index contributed by atoms with van der Waals surface area (Å²) in [5, 5.41) is 12.8. The highest BCUT2D eigenvalue weighted by Gasteiger charge is 2.50. The van der Waals surface area contributed by atoms with Crippen LogP contribution in [0.15, 0.2) is 60.7 Å². The van der Waals surface area contributed by atoms with Crippen LogP contribution in [0.5, 0.6) is 0 Å². The summed E-state index contributed by atoms with van der Waals surface area (Å²) in [6, 6.07) is 21.0. The van der Waals surface area contributed by atoms with Crippen LogP contribution in [0.1, 0.15) is 41.0 Å². The lowest BCUT2D eigenvalue weighted by atomic mass is 10.1. The summed E-state index contributed by atoms with van der Waals surface area (Å²) < 4.78 is 18.0. The van der Waals surface area contributed by atoms with E-state index in [0.717, 1.165) is 0 Å². The van der Waals surface area contributed by atoms with Crippen LogP contribution in [-0.2, 0) is 13.9 Å². The molecule has 166 valence electrons. The summed E-state index contributed by atoms with van der Waals surface area (Å²) in [6.45, 7) is 11.1. The number of aliphatic hydroxyl groups is 1. The second kappa shape index (κ2) is 9.68. The van der Waals surface area contributed by atoms with Gasteiger partial charge in [-0.2, -0.15) is 0 Å². The second-order valence-corrected chi connectivity index (χ2v) is 13.7. The normalized spacial score (nSPS) is 19.5. The number of rotatable bonds is 6. The largest absolute Gasteiger partial charge is 0.396 e. The zero-order valence-corrected chi connectivity index (χ0v) is 20.2. The van der Waals surface area contributed by atoms with Crippen LogP contribution in [0.3, 0.4) is 0 Å². The molecule has 0 bridgehead atoms. The third kappa shape index (κ3) is 5.46. The molecule has 1 fully saturated rings. The lowest BCUT2D eigenvalue weighted by Crippen LogP contribution is -2.66. The molecule has 1 heterocycles. The Morgan fingerprint density at radius 3 is 2.03 bits per heavy atom. The molecule has 1 N–H and O–H groups in total. The Labute approximate surface area is 187 Å². The predicted octanol–water partition coefficient (Wildman–Crippen LogP) is 3.47. The molecular formula is C26H34O4Si. The van der Waals surface area contributed by atoms with Gasteiger partial charge in [-0.3, -0.25) is 0 Å². The quantitative estimate of drug-likeness (QED) is 0.554. The van der Waals surface area contributed by atoms with E-state index in [1.54, 1.807) is 0 Å². The topological polar surface area (TPSA) is 47.9 Å². The van der Waals surface area contributed by atoms with Gasteiger partial charge in [0.15, 0.2) is 5.79 Å². The molecule has 2 atom stereocenters. The molecule has 2 aromatic carbocycles. The second-order valence-electron chi connectivity index (χ2n) is 9.44. The average Bonchev–Trinajstić information content (AvgIpc) is 3.11. The molecule has 0 saturated carbocycles. The first kappa shape index (κ1) is 23.7. The number of ether oxygens (including phenoxy) is 2. The summed E-state index contributed by atoms with van der Waals surface area (Å²) in [5.41, 5.74) is 0. The zero-order chi connectivity index (χ0) is 22.5. The Morgan fingerprint density at radius 2 is 1.58 bits per heavy atom. The first-order chi connectivity index (χ1) is 14.7. The fourth-order valence-electron chi connectivity index (χ4n) is 4.17. The van der Waals surface area contributed by atoms with E-state index in [9.17, 15) is 5.11 Å². The van der Waals surface area contributed by atoms with E-state index in [2.05, 4.69) is 81.1 Å². The van der Waals surface area contributed by atoms with Crippen LogP contribution in [0, 0.1) is 11.8 Å². The van der Waals surface area contributed by atoms with Gasteiger partial charge >= 0.3 is 0 Å². The maximum absolute atomic E-state index is 10.4. The van der Waals surface area contributed by atoms with Crippen molar-refractivity contribution in [2.75, 3.05) is 13.2 Å². The lowest BCUT2D eigenvalue weighted by Gasteiger charge is -2.42. The maximum atomic E-state index is 10.4. The molecule has 1 aliphatic rings. The van der Waals surface area contributed by atoms with E-state index < -0.39 is 20.2 Å². The molecule has 2 aromatic rings. The lowest BCUT2D eigenvalue weighted by molar-refractivity contribution is -0.150. The first-order valence-electron chi connectivity index (χ1n) is 10.9. The van der Waals surface area contributed by atoms with Gasteiger partial charge in [-0.15, -0.1) is 0 Å². The van der Waals surface area contributed by atoms with Crippen LogP contribution < -0.4 is 10.4 Å². The molecular weight excluding hydrogens is 404 g/mol. The Balaban J connectivity index is 1.77. The van der Waals surface area contributed by atoms with Gasteiger partial charge in [0.1, 0.15) is 6.10 Å². The molecule has 1 aliphatic heterocycles. The number of hydrogen-bond acceptors (Lipinski definition) is 4. The van der Waals surface area contributed by atoms with Gasteiger partial charge in [0.05, 0.1) is 19.3 Å². The molecule has 0 amide bonds. The fourth-order valence-corrected chi connectivity index (χ4v) is 8.61. The highest BCUT2D eigenvalue weighted by atomic mass is 28.4. The Hall–Kier alpha value is -1.94. The van der Waals surface area contributed by atoms with Gasteiger partial charge in [-0.25, -0.2) is 0 Å². The zero-order valence-electron chi connectivity index (χ0n) is 19.2. The summed E-state index contributed by atoms with van der Waals surface area (Å²) in [5.74, 6) is 5.56. The molecule has 0 spiro atoms. The number of aliphatic hydroxyl groups excluding tert-OH is 1. The van der Waals surface area contributed by atoms with E-state index >= 15 is 0 Å². The molecule has 4 nitrogen and oxygen atoms in total. The smallest absolute Gasteiger partial charge is 0.262 e. The summed E-state index contributed by atoms with van der Waals surface area (Å²) in [6.07, 6.45) is -0.696. The summed E-state index contributed by atoms with van der Waals surface area (Å²) >= 11 is 0. The maximum Gasteiger partial charge on any atom is 0.262 e. The Bertz CT molecular complexity index is 854. The SMILES string of the molecule is CC1(C)OC[C@@H]([C@H](O)CC#CCO[Si](c2ccccc2)(c2ccccc2)C(C)(C)C)O1. The predicted molar refractivity (Wildman–Crippen MR) is 127 cm³/mol. The van der Waals surface area contributed by atoms with Gasteiger partial charge in [0.2, 0.25) is 0 Å².